The standard InChI is InChI=1S/C23H27NO3/c1-16-7-8-18(17(2)14-16)10-12-23(25)24-13-5-6-20(24)19-9-11-21(26-3)22(15-19)27-4/h7-12,14-15,20H,5-6,13H2,1-4H3/b12-10+. The van der Waals surface area contributed by atoms with Gasteiger partial charge in [-0.15, -0.1) is 0 Å². The van der Waals surface area contributed by atoms with Gasteiger partial charge in [0, 0.05) is 12.6 Å². The minimum Gasteiger partial charge on any atom is -0.493 e. The van der Waals surface area contributed by atoms with Gasteiger partial charge in [0.15, 0.2) is 11.5 Å². The molecule has 1 aliphatic heterocycles. The monoisotopic (exact) mass is 365 g/mol. The Morgan fingerprint density at radius 3 is 2.56 bits per heavy atom. The van der Waals surface area contributed by atoms with Crippen molar-refractivity contribution in [3.05, 3.63) is 64.7 Å². The quantitative estimate of drug-likeness (QED) is 0.721. The van der Waals surface area contributed by atoms with E-state index in [4.69, 9.17) is 9.47 Å². The Morgan fingerprint density at radius 1 is 1.07 bits per heavy atom. The molecule has 27 heavy (non-hydrogen) atoms. The first kappa shape index (κ1) is 19.0. The summed E-state index contributed by atoms with van der Waals surface area (Å²) in [7, 11) is 3.26. The molecule has 0 bridgehead atoms. The van der Waals surface area contributed by atoms with Crippen LogP contribution in [0.3, 0.4) is 0 Å². The molecular weight excluding hydrogens is 338 g/mol. The number of amides is 1. The second kappa shape index (κ2) is 8.30. The Balaban J connectivity index is 1.79. The molecule has 1 amide bonds. The van der Waals surface area contributed by atoms with E-state index < -0.39 is 0 Å². The van der Waals surface area contributed by atoms with Crippen LogP contribution in [0.25, 0.3) is 6.08 Å². The van der Waals surface area contributed by atoms with Gasteiger partial charge in [-0.1, -0.05) is 29.8 Å². The largest absolute Gasteiger partial charge is 0.493 e. The first-order valence-corrected chi connectivity index (χ1v) is 9.31. The molecule has 1 unspecified atom stereocenters. The van der Waals surface area contributed by atoms with Crippen LogP contribution >= 0.6 is 0 Å². The van der Waals surface area contributed by atoms with Crippen molar-refractivity contribution in [2.24, 2.45) is 0 Å². The Hall–Kier alpha value is -2.75. The summed E-state index contributed by atoms with van der Waals surface area (Å²) in [6.07, 6.45) is 5.57. The molecule has 2 aromatic rings. The normalized spacial score (nSPS) is 16.7. The molecule has 1 heterocycles. The first-order chi connectivity index (χ1) is 13.0. The third-order valence-electron chi connectivity index (χ3n) is 5.16. The molecule has 2 aromatic carbocycles. The van der Waals surface area contributed by atoms with Crippen molar-refractivity contribution in [3.63, 3.8) is 0 Å². The van der Waals surface area contributed by atoms with Gasteiger partial charge >= 0.3 is 0 Å². The summed E-state index contributed by atoms with van der Waals surface area (Å²) in [5.74, 6) is 1.44. The smallest absolute Gasteiger partial charge is 0.247 e. The zero-order chi connectivity index (χ0) is 19.4. The van der Waals surface area contributed by atoms with Crippen LogP contribution in [-0.2, 0) is 4.79 Å². The minimum atomic E-state index is 0.0484. The molecule has 0 spiro atoms. The van der Waals surface area contributed by atoms with Crippen LogP contribution in [0, 0.1) is 13.8 Å². The van der Waals surface area contributed by atoms with E-state index in [0.29, 0.717) is 11.5 Å². The van der Waals surface area contributed by atoms with Crippen molar-refractivity contribution >= 4 is 12.0 Å². The number of aryl methyl sites for hydroxylation is 2. The van der Waals surface area contributed by atoms with Crippen molar-refractivity contribution < 1.29 is 14.3 Å². The van der Waals surface area contributed by atoms with Gasteiger partial charge in [-0.2, -0.15) is 0 Å². The van der Waals surface area contributed by atoms with E-state index in [0.717, 1.165) is 30.5 Å². The molecule has 0 radical (unpaired) electrons. The van der Waals surface area contributed by atoms with E-state index in [9.17, 15) is 4.79 Å². The van der Waals surface area contributed by atoms with Crippen LogP contribution in [0.5, 0.6) is 11.5 Å². The summed E-state index contributed by atoms with van der Waals surface area (Å²) < 4.78 is 10.7. The van der Waals surface area contributed by atoms with E-state index in [2.05, 4.69) is 32.0 Å². The van der Waals surface area contributed by atoms with Gasteiger partial charge < -0.3 is 14.4 Å². The Bertz CT molecular complexity index is 857. The summed E-state index contributed by atoms with van der Waals surface area (Å²) in [6, 6.07) is 12.2. The third-order valence-corrected chi connectivity index (χ3v) is 5.16. The fraction of sp³-hybridized carbons (Fsp3) is 0.348. The maximum Gasteiger partial charge on any atom is 0.247 e. The van der Waals surface area contributed by atoms with Crippen molar-refractivity contribution in [1.29, 1.82) is 0 Å². The van der Waals surface area contributed by atoms with Crippen molar-refractivity contribution in [2.45, 2.75) is 32.7 Å². The lowest BCUT2D eigenvalue weighted by Gasteiger charge is -2.24. The van der Waals surface area contributed by atoms with Gasteiger partial charge in [-0.3, -0.25) is 4.79 Å². The zero-order valence-corrected chi connectivity index (χ0v) is 16.5. The van der Waals surface area contributed by atoms with E-state index in [1.165, 1.54) is 11.1 Å². The molecule has 1 aliphatic rings. The van der Waals surface area contributed by atoms with Crippen molar-refractivity contribution in [2.75, 3.05) is 20.8 Å². The third kappa shape index (κ3) is 4.16. The Labute approximate surface area is 161 Å². The first-order valence-electron chi connectivity index (χ1n) is 9.31. The molecule has 1 saturated heterocycles. The summed E-state index contributed by atoms with van der Waals surface area (Å²) in [5, 5.41) is 0. The summed E-state index contributed by atoms with van der Waals surface area (Å²) in [4.78, 5) is 14.8. The summed E-state index contributed by atoms with van der Waals surface area (Å²) in [6.45, 7) is 4.91. The molecular formula is C23H27NO3. The predicted octanol–water partition coefficient (Wildman–Crippen LogP) is 4.70. The lowest BCUT2D eigenvalue weighted by Crippen LogP contribution is -2.28. The highest BCUT2D eigenvalue weighted by molar-refractivity contribution is 5.92. The number of likely N-dealkylation sites (tertiary alicyclic amines) is 1. The minimum absolute atomic E-state index is 0.0484. The highest BCUT2D eigenvalue weighted by atomic mass is 16.5. The zero-order valence-electron chi connectivity index (χ0n) is 16.5. The molecule has 1 atom stereocenters. The highest BCUT2D eigenvalue weighted by Crippen LogP contribution is 2.37. The highest BCUT2D eigenvalue weighted by Gasteiger charge is 2.29. The Kier molecular flexibility index (Phi) is 5.84. The number of hydrogen-bond acceptors (Lipinski definition) is 3. The molecule has 3 rings (SSSR count). The second-order valence-electron chi connectivity index (χ2n) is 7.00. The lowest BCUT2D eigenvalue weighted by atomic mass is 10.0. The van der Waals surface area contributed by atoms with Crippen LogP contribution in [0.1, 0.15) is 41.1 Å². The van der Waals surface area contributed by atoms with Crippen LogP contribution in [0.4, 0.5) is 0 Å². The molecule has 0 aromatic heterocycles. The van der Waals surface area contributed by atoms with Crippen molar-refractivity contribution in [3.8, 4) is 11.5 Å². The molecule has 0 aliphatic carbocycles. The fourth-order valence-electron chi connectivity index (χ4n) is 3.71. The average molecular weight is 365 g/mol. The lowest BCUT2D eigenvalue weighted by molar-refractivity contribution is -0.126. The van der Waals surface area contributed by atoms with Gasteiger partial charge in [0.05, 0.1) is 20.3 Å². The second-order valence-corrected chi connectivity index (χ2v) is 7.00. The average Bonchev–Trinajstić information content (AvgIpc) is 3.16. The maximum absolute atomic E-state index is 12.8. The van der Waals surface area contributed by atoms with E-state index in [-0.39, 0.29) is 11.9 Å². The maximum atomic E-state index is 12.8. The molecule has 142 valence electrons. The summed E-state index contributed by atoms with van der Waals surface area (Å²) in [5.41, 5.74) is 4.56. The molecule has 0 N–H and O–H groups in total. The van der Waals surface area contributed by atoms with E-state index in [1.54, 1.807) is 20.3 Å². The van der Waals surface area contributed by atoms with Crippen LogP contribution in [0.2, 0.25) is 0 Å². The number of benzene rings is 2. The van der Waals surface area contributed by atoms with Gasteiger partial charge in [0.1, 0.15) is 0 Å². The fourth-order valence-corrected chi connectivity index (χ4v) is 3.71. The van der Waals surface area contributed by atoms with E-state index in [1.807, 2.05) is 29.2 Å². The molecule has 0 saturated carbocycles. The number of rotatable bonds is 5. The number of hydrogen-bond donors (Lipinski definition) is 0. The number of methoxy groups -OCH3 is 2. The van der Waals surface area contributed by atoms with Crippen molar-refractivity contribution in [1.82, 2.24) is 4.90 Å². The van der Waals surface area contributed by atoms with Gasteiger partial charge in [-0.05, 0) is 61.6 Å². The SMILES string of the molecule is COc1ccc(C2CCCN2C(=O)/C=C/c2ccc(C)cc2C)cc1OC. The summed E-state index contributed by atoms with van der Waals surface area (Å²) >= 11 is 0. The van der Waals surface area contributed by atoms with Gasteiger partial charge in [0.2, 0.25) is 5.91 Å². The van der Waals surface area contributed by atoms with E-state index >= 15 is 0 Å². The topological polar surface area (TPSA) is 38.8 Å². The number of ether oxygens (including phenoxy) is 2. The van der Waals surface area contributed by atoms with Crippen LogP contribution in [-0.4, -0.2) is 31.6 Å². The van der Waals surface area contributed by atoms with Crippen LogP contribution < -0.4 is 9.47 Å². The Morgan fingerprint density at radius 2 is 1.85 bits per heavy atom. The molecule has 4 nitrogen and oxygen atoms in total. The van der Waals surface area contributed by atoms with Crippen LogP contribution in [0.15, 0.2) is 42.5 Å². The number of carbonyl (C=O) groups excluding carboxylic acids is 1. The molecule has 1 fully saturated rings. The number of nitrogens with zero attached hydrogens (tertiary/aromatic N) is 1. The number of carbonyl (C=O) groups is 1. The predicted molar refractivity (Wildman–Crippen MR) is 108 cm³/mol. The van der Waals surface area contributed by atoms with Gasteiger partial charge in [0.25, 0.3) is 0 Å². The van der Waals surface area contributed by atoms with Gasteiger partial charge in [-0.25, -0.2) is 0 Å². The molecule has 4 heteroatoms.